The minimum absolute atomic E-state index is 0.278. The summed E-state index contributed by atoms with van der Waals surface area (Å²) in [5.41, 5.74) is 5.14. The molecular formula is C20H28N2. The van der Waals surface area contributed by atoms with E-state index in [1.807, 2.05) is 12.4 Å². The molecule has 2 rings (SSSR count). The highest BCUT2D eigenvalue weighted by Crippen LogP contribution is 2.25. The van der Waals surface area contributed by atoms with Crippen molar-refractivity contribution in [3.8, 4) is 11.4 Å². The van der Waals surface area contributed by atoms with E-state index in [9.17, 15) is 0 Å². The van der Waals surface area contributed by atoms with E-state index in [0.717, 1.165) is 24.2 Å². The summed E-state index contributed by atoms with van der Waals surface area (Å²) < 4.78 is 0. The standard InChI is InChI=1S/C20H28N2/c1-19(2,3)13-15-7-9-21-17(11-15)18-12-16(8-10-22-18)14-20(4,5)6/h7-12H,13-14H2,1-6H3. The lowest BCUT2D eigenvalue weighted by atomic mass is 9.87. The zero-order chi connectivity index (χ0) is 16.4. The van der Waals surface area contributed by atoms with Gasteiger partial charge in [-0.3, -0.25) is 9.97 Å². The van der Waals surface area contributed by atoms with E-state index in [2.05, 4.69) is 75.8 Å². The van der Waals surface area contributed by atoms with Gasteiger partial charge in [-0.15, -0.1) is 0 Å². The second-order valence-electron chi connectivity index (χ2n) is 8.57. The first-order valence-electron chi connectivity index (χ1n) is 8.03. The van der Waals surface area contributed by atoms with Crippen LogP contribution in [0.25, 0.3) is 11.4 Å². The van der Waals surface area contributed by atoms with Crippen LogP contribution in [-0.2, 0) is 12.8 Å². The van der Waals surface area contributed by atoms with Gasteiger partial charge in [-0.2, -0.15) is 0 Å². The number of pyridine rings is 2. The highest BCUT2D eigenvalue weighted by atomic mass is 14.8. The molecule has 0 radical (unpaired) electrons. The molecule has 0 fully saturated rings. The Morgan fingerprint density at radius 3 is 1.36 bits per heavy atom. The Hall–Kier alpha value is -1.70. The number of rotatable bonds is 3. The Bertz CT molecular complexity index is 573. The summed E-state index contributed by atoms with van der Waals surface area (Å²) >= 11 is 0. The van der Waals surface area contributed by atoms with Gasteiger partial charge in [0.05, 0.1) is 11.4 Å². The van der Waals surface area contributed by atoms with Crippen LogP contribution in [0.5, 0.6) is 0 Å². The van der Waals surface area contributed by atoms with Crippen molar-refractivity contribution in [2.45, 2.75) is 54.4 Å². The summed E-state index contributed by atoms with van der Waals surface area (Å²) in [5, 5.41) is 0. The molecule has 0 aliphatic rings. The van der Waals surface area contributed by atoms with Gasteiger partial charge in [0.2, 0.25) is 0 Å². The van der Waals surface area contributed by atoms with E-state index >= 15 is 0 Å². The van der Waals surface area contributed by atoms with Crippen molar-refractivity contribution in [1.29, 1.82) is 0 Å². The normalized spacial score (nSPS) is 12.5. The third-order valence-electron chi connectivity index (χ3n) is 3.38. The van der Waals surface area contributed by atoms with Crippen molar-refractivity contribution in [3.63, 3.8) is 0 Å². The molecule has 0 aliphatic carbocycles. The van der Waals surface area contributed by atoms with Crippen LogP contribution >= 0.6 is 0 Å². The maximum Gasteiger partial charge on any atom is 0.0888 e. The summed E-state index contributed by atoms with van der Waals surface area (Å²) in [6, 6.07) is 8.56. The van der Waals surface area contributed by atoms with Crippen molar-refractivity contribution < 1.29 is 0 Å². The molecule has 0 N–H and O–H groups in total. The summed E-state index contributed by atoms with van der Waals surface area (Å²) in [6.07, 6.45) is 5.89. The third kappa shape index (κ3) is 5.25. The van der Waals surface area contributed by atoms with Crippen LogP contribution in [0.3, 0.4) is 0 Å². The van der Waals surface area contributed by atoms with Crippen LogP contribution in [0.15, 0.2) is 36.7 Å². The van der Waals surface area contributed by atoms with Gasteiger partial charge in [0, 0.05) is 12.4 Å². The van der Waals surface area contributed by atoms with Crippen molar-refractivity contribution in [2.24, 2.45) is 10.8 Å². The van der Waals surface area contributed by atoms with Gasteiger partial charge in [-0.1, -0.05) is 41.5 Å². The van der Waals surface area contributed by atoms with Crippen LogP contribution < -0.4 is 0 Å². The Labute approximate surface area is 135 Å². The molecule has 2 aromatic rings. The van der Waals surface area contributed by atoms with E-state index in [1.54, 1.807) is 0 Å². The van der Waals surface area contributed by atoms with Gasteiger partial charge in [0.1, 0.15) is 0 Å². The van der Waals surface area contributed by atoms with Crippen molar-refractivity contribution >= 4 is 0 Å². The molecule has 0 aliphatic heterocycles. The lowest BCUT2D eigenvalue weighted by molar-refractivity contribution is 0.410. The molecule has 22 heavy (non-hydrogen) atoms. The smallest absolute Gasteiger partial charge is 0.0888 e. The second-order valence-corrected chi connectivity index (χ2v) is 8.57. The first-order valence-corrected chi connectivity index (χ1v) is 8.03. The van der Waals surface area contributed by atoms with E-state index < -0.39 is 0 Å². The Morgan fingerprint density at radius 1 is 0.682 bits per heavy atom. The average Bonchev–Trinajstić information content (AvgIpc) is 2.35. The molecule has 0 atom stereocenters. The van der Waals surface area contributed by atoms with Crippen LogP contribution in [0.1, 0.15) is 52.7 Å². The molecule has 0 aromatic carbocycles. The molecule has 0 saturated carbocycles. The van der Waals surface area contributed by atoms with Gasteiger partial charge >= 0.3 is 0 Å². The van der Waals surface area contributed by atoms with Crippen LogP contribution in [0, 0.1) is 10.8 Å². The molecule has 0 unspecified atom stereocenters. The number of hydrogen-bond donors (Lipinski definition) is 0. The Balaban J connectivity index is 2.28. The molecule has 2 heterocycles. The van der Waals surface area contributed by atoms with Crippen LogP contribution in [-0.4, -0.2) is 9.97 Å². The predicted octanol–water partition coefficient (Wildman–Crippen LogP) is 5.32. The maximum atomic E-state index is 4.51. The van der Waals surface area contributed by atoms with Crippen molar-refractivity contribution in [1.82, 2.24) is 9.97 Å². The molecule has 0 amide bonds. The molecule has 0 saturated heterocycles. The summed E-state index contributed by atoms with van der Waals surface area (Å²) in [5.74, 6) is 0. The quantitative estimate of drug-likeness (QED) is 0.766. The molecule has 118 valence electrons. The van der Waals surface area contributed by atoms with Crippen molar-refractivity contribution in [2.75, 3.05) is 0 Å². The summed E-state index contributed by atoms with van der Waals surface area (Å²) in [7, 11) is 0. The lowest BCUT2D eigenvalue weighted by Gasteiger charge is -2.19. The molecule has 0 bridgehead atoms. The highest BCUT2D eigenvalue weighted by molar-refractivity contribution is 5.55. The Kier molecular flexibility index (Phi) is 4.69. The van der Waals surface area contributed by atoms with Gasteiger partial charge in [-0.05, 0) is 59.1 Å². The number of nitrogens with zero attached hydrogens (tertiary/aromatic N) is 2. The van der Waals surface area contributed by atoms with Crippen molar-refractivity contribution in [3.05, 3.63) is 47.8 Å². The zero-order valence-electron chi connectivity index (χ0n) is 14.8. The van der Waals surface area contributed by atoms with Gasteiger partial charge < -0.3 is 0 Å². The molecular weight excluding hydrogens is 268 g/mol. The van der Waals surface area contributed by atoms with Gasteiger partial charge in [0.25, 0.3) is 0 Å². The SMILES string of the molecule is CC(C)(C)Cc1ccnc(-c2cc(CC(C)(C)C)ccn2)c1. The van der Waals surface area contributed by atoms with Crippen LogP contribution in [0.4, 0.5) is 0 Å². The van der Waals surface area contributed by atoms with E-state index in [4.69, 9.17) is 0 Å². The summed E-state index contributed by atoms with van der Waals surface area (Å²) in [6.45, 7) is 13.6. The fourth-order valence-electron chi connectivity index (χ4n) is 2.67. The van der Waals surface area contributed by atoms with Gasteiger partial charge in [-0.25, -0.2) is 0 Å². The first-order chi connectivity index (χ1) is 10.1. The largest absolute Gasteiger partial charge is 0.255 e. The fourth-order valence-corrected chi connectivity index (χ4v) is 2.67. The molecule has 2 heteroatoms. The van der Waals surface area contributed by atoms with E-state index in [0.29, 0.717) is 0 Å². The topological polar surface area (TPSA) is 25.8 Å². The number of hydrogen-bond acceptors (Lipinski definition) is 2. The number of aromatic nitrogens is 2. The monoisotopic (exact) mass is 296 g/mol. The zero-order valence-corrected chi connectivity index (χ0v) is 14.8. The maximum absolute atomic E-state index is 4.51. The predicted molar refractivity (Wildman–Crippen MR) is 93.8 cm³/mol. The highest BCUT2D eigenvalue weighted by Gasteiger charge is 2.14. The van der Waals surface area contributed by atoms with Crippen LogP contribution in [0.2, 0.25) is 0 Å². The lowest BCUT2D eigenvalue weighted by Crippen LogP contribution is -2.10. The van der Waals surface area contributed by atoms with E-state index in [-0.39, 0.29) is 10.8 Å². The third-order valence-corrected chi connectivity index (χ3v) is 3.38. The minimum Gasteiger partial charge on any atom is -0.255 e. The molecule has 0 spiro atoms. The molecule has 2 aromatic heterocycles. The Morgan fingerprint density at radius 2 is 1.05 bits per heavy atom. The fraction of sp³-hybridized carbons (Fsp3) is 0.500. The summed E-state index contributed by atoms with van der Waals surface area (Å²) in [4.78, 5) is 9.03. The van der Waals surface area contributed by atoms with Gasteiger partial charge in [0.15, 0.2) is 0 Å². The molecule has 2 nitrogen and oxygen atoms in total. The first kappa shape index (κ1) is 16.7. The van der Waals surface area contributed by atoms with E-state index in [1.165, 1.54) is 11.1 Å². The minimum atomic E-state index is 0.278. The second kappa shape index (κ2) is 6.20. The average molecular weight is 296 g/mol.